The molecule has 0 rings (SSSR count). The summed E-state index contributed by atoms with van der Waals surface area (Å²) in [5, 5.41) is 53.5. The fraction of sp³-hybridized carbons (Fsp3) is 0. The zero-order chi connectivity index (χ0) is 13.4. The minimum Gasteiger partial charge on any atom is -0.569 e. The molecule has 0 amide bonds. The summed E-state index contributed by atoms with van der Waals surface area (Å²) in [4.78, 5) is 0. The second-order valence-electron chi connectivity index (χ2n) is 1.42. The van der Waals surface area contributed by atoms with E-state index in [1.807, 2.05) is 0 Å². The first-order valence-corrected chi connectivity index (χ1v) is 3.16. The van der Waals surface area contributed by atoms with Gasteiger partial charge in [-0.15, -0.1) is 0 Å². The Hall–Kier alpha value is -2.85. The summed E-state index contributed by atoms with van der Waals surface area (Å²) in [6, 6.07) is 8.38. The first-order chi connectivity index (χ1) is 7.69. The first kappa shape index (κ1) is 23.7. The molecule has 0 aromatic rings. The van der Waals surface area contributed by atoms with Crippen LogP contribution in [-0.4, -0.2) is 5.11 Å². The summed E-state index contributed by atoms with van der Waals surface area (Å²) in [7, 11) is 2.25. The summed E-state index contributed by atoms with van der Waals surface area (Å²) < 4.78 is 0. The molecule has 0 heterocycles. The van der Waals surface area contributed by atoms with E-state index in [9.17, 15) is 0 Å². The molecule has 0 unspecified atom stereocenters. The van der Waals surface area contributed by atoms with Crippen molar-refractivity contribution in [3.05, 3.63) is 18.9 Å². The Balaban J connectivity index is -0.0000000823. The quantitative estimate of drug-likeness (QED) is 0.622. The van der Waals surface area contributed by atoms with Gasteiger partial charge in [-0.2, -0.15) is 0 Å². The molecule has 0 radical (unpaired) electrons. The molecule has 0 aliphatic heterocycles. The van der Waals surface area contributed by atoms with E-state index in [4.69, 9.17) is 36.7 Å². The van der Waals surface area contributed by atoms with Crippen LogP contribution in [0.5, 0.6) is 0 Å². The molecule has 0 aromatic heterocycles. The third-order valence-electron chi connectivity index (χ3n) is 0.671. The second kappa shape index (κ2) is 23.2. The predicted molar refractivity (Wildman–Crippen MR) is 47.5 cm³/mol. The van der Waals surface area contributed by atoms with Gasteiger partial charge in [-0.3, -0.25) is 0 Å². The van der Waals surface area contributed by atoms with Crippen molar-refractivity contribution < 1.29 is 21.9 Å². The van der Waals surface area contributed by atoms with Crippen molar-refractivity contribution in [2.75, 3.05) is 0 Å². The maximum atomic E-state index is 7.79. The Morgan fingerprint density at radius 1 is 0.588 bits per heavy atom. The monoisotopic (exact) mass is 270 g/mol. The molecule has 84 valence electrons. The Labute approximate surface area is 109 Å². The Morgan fingerprint density at radius 3 is 0.706 bits per heavy atom. The van der Waals surface area contributed by atoms with Gasteiger partial charge < -0.3 is 5.11 Å². The molecule has 0 aliphatic carbocycles. The normalized spacial score (nSPS) is 4.24. The molecule has 0 bridgehead atoms. The molecule has 0 fully saturated rings. The van der Waals surface area contributed by atoms with Crippen LogP contribution >= 0.6 is 0 Å². The summed E-state index contributed by atoms with van der Waals surface area (Å²) in [6.07, 6.45) is 0. The van der Waals surface area contributed by atoms with Crippen LogP contribution in [0, 0.1) is 86.9 Å². The van der Waals surface area contributed by atoms with Gasteiger partial charge >= 0.3 is 16.8 Å². The molecule has 1 N–H and O–H groups in total. The average Bonchev–Trinajstić information content (AvgIpc) is 2.37. The van der Waals surface area contributed by atoms with Gasteiger partial charge in [-0.25, -0.2) is 38.7 Å². The number of hydrogen-bond acceptors (Lipinski definition) is 7. The molecule has 8 heteroatoms. The van der Waals surface area contributed by atoms with Crippen LogP contribution in [0.4, 0.5) is 0 Å². The van der Waals surface area contributed by atoms with Crippen LogP contribution in [-0.2, 0) is 16.8 Å². The summed E-state index contributed by atoms with van der Waals surface area (Å²) in [5.41, 5.74) is 0. The van der Waals surface area contributed by atoms with E-state index in [1.54, 1.807) is 0 Å². The molecule has 0 aromatic carbocycles. The molecular weight excluding hydrogens is 267 g/mol. The number of nitriles is 6. The fourth-order valence-electron chi connectivity index (χ4n) is 0.150. The van der Waals surface area contributed by atoms with Crippen molar-refractivity contribution in [3.8, 4) is 36.4 Å². The second-order valence-corrected chi connectivity index (χ2v) is 1.42. The molecule has 0 saturated carbocycles. The number of aliphatic hydroxyl groups excluding tert-OH is 1. The smallest absolute Gasteiger partial charge is 0.569 e. The third kappa shape index (κ3) is 19.5. The van der Waals surface area contributed by atoms with Crippen LogP contribution in [0.15, 0.2) is 0 Å². The number of nitrogens with zero attached hydrogens (tertiary/aromatic N) is 6. The van der Waals surface area contributed by atoms with Crippen LogP contribution in [0.2, 0.25) is 0 Å². The van der Waals surface area contributed by atoms with Crippen molar-refractivity contribution in [3.63, 3.8) is 0 Å². The van der Waals surface area contributed by atoms with Crippen molar-refractivity contribution >= 4 is 0 Å². The van der Waals surface area contributed by atoms with Gasteiger partial charge in [-0.05, 0) is 0 Å². The van der Waals surface area contributed by atoms with Crippen LogP contribution in [0.1, 0.15) is 0 Å². The SMILES string of the molecule is N#C[C-](C#N)C#N.N#C[C-](C#N)C#N.[CH2-]O.[Co+3]. The van der Waals surface area contributed by atoms with E-state index in [2.05, 4.69) is 7.11 Å². The molecule has 0 saturated heterocycles. The predicted octanol–water partition coefficient (Wildman–Crippen LogP) is 0.411. The van der Waals surface area contributed by atoms with E-state index in [0.29, 0.717) is 0 Å². The van der Waals surface area contributed by atoms with Crippen LogP contribution in [0.3, 0.4) is 0 Å². The van der Waals surface area contributed by atoms with Crippen molar-refractivity contribution in [2.24, 2.45) is 0 Å². The molecule has 0 spiro atoms. The number of hydrogen-bond donors (Lipinski definition) is 1. The van der Waals surface area contributed by atoms with Crippen molar-refractivity contribution in [1.82, 2.24) is 0 Å². The Morgan fingerprint density at radius 2 is 0.706 bits per heavy atom. The van der Waals surface area contributed by atoms with Crippen LogP contribution < -0.4 is 0 Å². The van der Waals surface area contributed by atoms with Gasteiger partial charge in [0.25, 0.3) is 0 Å². The van der Waals surface area contributed by atoms with E-state index < -0.39 is 11.8 Å². The van der Waals surface area contributed by atoms with Crippen molar-refractivity contribution in [1.29, 1.82) is 31.6 Å². The summed E-state index contributed by atoms with van der Waals surface area (Å²) >= 11 is 0. The maximum absolute atomic E-state index is 7.79. The standard InChI is InChI=1S/2C4N3.CH3O.Co/c2*5-1-4(2-6)3-7;1-2;/h;;2H,1H2;/q3*-1;+3. The summed E-state index contributed by atoms with van der Waals surface area (Å²) in [5.74, 6) is -0.806. The van der Waals surface area contributed by atoms with Gasteiger partial charge in [0.05, 0.1) is 0 Å². The van der Waals surface area contributed by atoms with E-state index in [1.165, 1.54) is 36.4 Å². The van der Waals surface area contributed by atoms with E-state index in [0.717, 1.165) is 0 Å². The fourth-order valence-corrected chi connectivity index (χ4v) is 0.150. The summed E-state index contributed by atoms with van der Waals surface area (Å²) in [6.45, 7) is 0. The number of aliphatic hydroxyl groups is 1. The van der Waals surface area contributed by atoms with Crippen molar-refractivity contribution in [2.45, 2.75) is 0 Å². The van der Waals surface area contributed by atoms with E-state index >= 15 is 0 Å². The van der Waals surface area contributed by atoms with Crippen LogP contribution in [0.25, 0.3) is 0 Å². The number of rotatable bonds is 0. The zero-order valence-electron chi connectivity index (χ0n) is 8.17. The average molecular weight is 270 g/mol. The van der Waals surface area contributed by atoms with E-state index in [-0.39, 0.29) is 16.8 Å². The molecular formula is C9H3CoN6O. The molecule has 0 atom stereocenters. The van der Waals surface area contributed by atoms with Gasteiger partial charge in [0, 0.05) is 0 Å². The zero-order valence-corrected chi connectivity index (χ0v) is 9.21. The minimum absolute atomic E-state index is 0. The Bertz CT molecular complexity index is 313. The molecule has 7 nitrogen and oxygen atoms in total. The van der Waals surface area contributed by atoms with Gasteiger partial charge in [-0.1, -0.05) is 48.3 Å². The Kier molecular flexibility index (Phi) is 32.4. The first-order valence-electron chi connectivity index (χ1n) is 3.16. The largest absolute Gasteiger partial charge is 3.00 e. The third-order valence-corrected chi connectivity index (χ3v) is 0.671. The van der Waals surface area contributed by atoms with Gasteiger partial charge in [0.1, 0.15) is 0 Å². The minimum atomic E-state index is -0.403. The van der Waals surface area contributed by atoms with Gasteiger partial charge in [0.2, 0.25) is 0 Å². The van der Waals surface area contributed by atoms with Gasteiger partial charge in [0.15, 0.2) is 0 Å². The topological polar surface area (TPSA) is 163 Å². The molecule has 0 aliphatic rings. The maximum Gasteiger partial charge on any atom is 3.00 e. The molecule has 17 heavy (non-hydrogen) atoms.